The molecule has 0 saturated heterocycles. The van der Waals surface area contributed by atoms with Gasteiger partial charge in [0, 0.05) is 25.5 Å². The summed E-state index contributed by atoms with van der Waals surface area (Å²) in [6, 6.07) is 0. The van der Waals surface area contributed by atoms with Gasteiger partial charge in [-0.2, -0.15) is 0 Å². The van der Waals surface area contributed by atoms with E-state index in [1.165, 1.54) is 0 Å². The lowest BCUT2D eigenvalue weighted by atomic mass is 10.6. The minimum atomic E-state index is 0.752. The van der Waals surface area contributed by atoms with Crippen LogP contribution < -0.4 is 5.32 Å². The number of rotatable bonds is 7. The van der Waals surface area contributed by atoms with Crippen LogP contribution in [0.2, 0.25) is 0 Å². The van der Waals surface area contributed by atoms with E-state index in [1.807, 2.05) is 10.8 Å². The predicted molar refractivity (Wildman–Crippen MR) is 51.6 cm³/mol. The largest absolute Gasteiger partial charge is 0.378 e. The molecule has 0 bridgehead atoms. The third-order valence-electron chi connectivity index (χ3n) is 1.73. The van der Waals surface area contributed by atoms with Gasteiger partial charge in [0.2, 0.25) is 0 Å². The Bertz CT molecular complexity index is 199. The van der Waals surface area contributed by atoms with Crippen LogP contribution in [0.5, 0.6) is 0 Å². The molecule has 1 rings (SSSR count). The summed E-state index contributed by atoms with van der Waals surface area (Å²) in [5.74, 6) is 0. The number of nitrogens with zero attached hydrogens (tertiary/aromatic N) is 2. The summed E-state index contributed by atoms with van der Waals surface area (Å²) < 4.78 is 7.41. The maximum absolute atomic E-state index is 5.40. The van der Waals surface area contributed by atoms with Crippen LogP contribution in [-0.4, -0.2) is 35.9 Å². The van der Waals surface area contributed by atoms with Gasteiger partial charge in [0.15, 0.2) is 0 Å². The van der Waals surface area contributed by atoms with Crippen molar-refractivity contribution < 1.29 is 4.74 Å². The number of ether oxygens (including phenoxy) is 1. The Morgan fingerprint density at radius 3 is 3.08 bits per heavy atom. The summed E-state index contributed by atoms with van der Waals surface area (Å²) in [6.07, 6.45) is 5.51. The van der Waals surface area contributed by atoms with E-state index in [-0.39, 0.29) is 0 Å². The van der Waals surface area contributed by atoms with E-state index in [1.54, 1.807) is 12.5 Å². The molecule has 1 N–H and O–H groups in total. The summed E-state index contributed by atoms with van der Waals surface area (Å²) in [7, 11) is 0. The lowest BCUT2D eigenvalue weighted by Crippen LogP contribution is -2.19. The van der Waals surface area contributed by atoms with E-state index in [0.717, 1.165) is 32.8 Å². The molecular weight excluding hydrogens is 166 g/mol. The van der Waals surface area contributed by atoms with Gasteiger partial charge in [-0.15, -0.1) is 0 Å². The fourth-order valence-electron chi connectivity index (χ4n) is 1.01. The fourth-order valence-corrected chi connectivity index (χ4v) is 1.01. The maximum atomic E-state index is 5.40. The van der Waals surface area contributed by atoms with Gasteiger partial charge in [0.1, 0.15) is 0 Å². The Morgan fingerprint density at radius 1 is 1.46 bits per heavy atom. The third-order valence-corrected chi connectivity index (χ3v) is 1.73. The van der Waals surface area contributed by atoms with E-state index in [0.29, 0.717) is 0 Å². The molecule has 1 heterocycles. The molecule has 4 heteroatoms. The van der Waals surface area contributed by atoms with Gasteiger partial charge in [-0.1, -0.05) is 6.92 Å². The second kappa shape index (κ2) is 6.62. The zero-order chi connectivity index (χ0) is 9.36. The van der Waals surface area contributed by atoms with E-state index >= 15 is 0 Å². The van der Waals surface area contributed by atoms with Crippen molar-refractivity contribution in [3.8, 4) is 0 Å². The molecule has 0 saturated carbocycles. The van der Waals surface area contributed by atoms with Gasteiger partial charge in [-0.05, 0) is 6.54 Å². The summed E-state index contributed by atoms with van der Waals surface area (Å²) in [5, 5.41) is 3.20. The molecule has 0 radical (unpaired) electrons. The van der Waals surface area contributed by atoms with Crippen molar-refractivity contribution in [2.24, 2.45) is 0 Å². The Labute approximate surface area is 78.9 Å². The molecule has 0 amide bonds. The fraction of sp³-hybridized carbons (Fsp3) is 0.667. The van der Waals surface area contributed by atoms with Crippen LogP contribution >= 0.6 is 0 Å². The van der Waals surface area contributed by atoms with Gasteiger partial charge in [0.05, 0.1) is 19.5 Å². The first kappa shape index (κ1) is 10.2. The van der Waals surface area contributed by atoms with Crippen molar-refractivity contribution in [2.45, 2.75) is 13.5 Å². The zero-order valence-electron chi connectivity index (χ0n) is 8.07. The predicted octanol–water partition coefficient (Wildman–Crippen LogP) is 0.509. The number of hydrogen-bond acceptors (Lipinski definition) is 3. The van der Waals surface area contributed by atoms with Crippen molar-refractivity contribution in [1.82, 2.24) is 14.9 Å². The maximum Gasteiger partial charge on any atom is 0.0946 e. The number of aromatic nitrogens is 2. The summed E-state index contributed by atoms with van der Waals surface area (Å²) in [4.78, 5) is 3.95. The minimum Gasteiger partial charge on any atom is -0.378 e. The molecule has 0 fully saturated rings. The molecule has 1 aromatic heterocycles. The number of hydrogen-bond donors (Lipinski definition) is 1. The third kappa shape index (κ3) is 4.65. The van der Waals surface area contributed by atoms with Gasteiger partial charge in [-0.3, -0.25) is 0 Å². The van der Waals surface area contributed by atoms with Crippen LogP contribution in [0.15, 0.2) is 18.7 Å². The van der Waals surface area contributed by atoms with E-state index < -0.39 is 0 Å². The summed E-state index contributed by atoms with van der Waals surface area (Å²) in [5.41, 5.74) is 0. The molecule has 13 heavy (non-hydrogen) atoms. The normalized spacial score (nSPS) is 10.5. The van der Waals surface area contributed by atoms with Crippen LogP contribution in [0.1, 0.15) is 6.92 Å². The first-order chi connectivity index (χ1) is 6.43. The van der Waals surface area contributed by atoms with Gasteiger partial charge < -0.3 is 14.6 Å². The second-order valence-electron chi connectivity index (χ2n) is 2.77. The topological polar surface area (TPSA) is 39.1 Å². The van der Waals surface area contributed by atoms with Crippen LogP contribution in [0, 0.1) is 0 Å². The standard InChI is InChI=1S/C9H17N3O/c1-2-10-4-7-13-8-6-12-5-3-11-9-12/h3,5,9-10H,2,4,6-8H2,1H3. The molecule has 4 nitrogen and oxygen atoms in total. The average molecular weight is 183 g/mol. The zero-order valence-corrected chi connectivity index (χ0v) is 8.07. The first-order valence-electron chi connectivity index (χ1n) is 4.67. The Balaban J connectivity index is 1.90. The molecule has 0 spiro atoms. The quantitative estimate of drug-likeness (QED) is 0.626. The molecule has 74 valence electrons. The van der Waals surface area contributed by atoms with Crippen molar-refractivity contribution in [2.75, 3.05) is 26.3 Å². The Morgan fingerprint density at radius 2 is 2.38 bits per heavy atom. The van der Waals surface area contributed by atoms with Crippen LogP contribution in [-0.2, 0) is 11.3 Å². The molecule has 0 unspecified atom stereocenters. The average Bonchev–Trinajstić information content (AvgIpc) is 2.63. The number of imidazole rings is 1. The molecule has 0 aliphatic heterocycles. The number of nitrogens with one attached hydrogen (secondary N) is 1. The second-order valence-corrected chi connectivity index (χ2v) is 2.77. The van der Waals surface area contributed by atoms with Gasteiger partial charge >= 0.3 is 0 Å². The minimum absolute atomic E-state index is 0.752. The molecular formula is C9H17N3O. The van der Waals surface area contributed by atoms with E-state index in [4.69, 9.17) is 4.74 Å². The highest BCUT2D eigenvalue weighted by molar-refractivity contribution is 4.73. The first-order valence-corrected chi connectivity index (χ1v) is 4.67. The Kier molecular flexibility index (Phi) is 5.20. The lowest BCUT2D eigenvalue weighted by Gasteiger charge is -2.04. The van der Waals surface area contributed by atoms with E-state index in [2.05, 4.69) is 17.2 Å². The summed E-state index contributed by atoms with van der Waals surface area (Å²) >= 11 is 0. The smallest absolute Gasteiger partial charge is 0.0946 e. The molecule has 0 atom stereocenters. The monoisotopic (exact) mass is 183 g/mol. The SMILES string of the molecule is CCNCCOCCn1ccnc1. The van der Waals surface area contributed by atoms with Crippen LogP contribution in [0.25, 0.3) is 0 Å². The van der Waals surface area contributed by atoms with Gasteiger partial charge in [-0.25, -0.2) is 4.98 Å². The summed E-state index contributed by atoms with van der Waals surface area (Å²) in [6.45, 7) is 6.44. The van der Waals surface area contributed by atoms with Crippen molar-refractivity contribution >= 4 is 0 Å². The van der Waals surface area contributed by atoms with Gasteiger partial charge in [0.25, 0.3) is 0 Å². The van der Waals surface area contributed by atoms with Crippen molar-refractivity contribution in [1.29, 1.82) is 0 Å². The highest BCUT2D eigenvalue weighted by Crippen LogP contribution is 1.85. The molecule has 1 aromatic rings. The molecule has 0 aromatic carbocycles. The van der Waals surface area contributed by atoms with Crippen molar-refractivity contribution in [3.63, 3.8) is 0 Å². The van der Waals surface area contributed by atoms with Crippen LogP contribution in [0.4, 0.5) is 0 Å². The Hall–Kier alpha value is -0.870. The van der Waals surface area contributed by atoms with E-state index in [9.17, 15) is 0 Å². The van der Waals surface area contributed by atoms with Crippen LogP contribution in [0.3, 0.4) is 0 Å². The lowest BCUT2D eigenvalue weighted by molar-refractivity contribution is 0.128. The number of likely N-dealkylation sites (N-methyl/N-ethyl adjacent to an activating group) is 1. The van der Waals surface area contributed by atoms with Crippen molar-refractivity contribution in [3.05, 3.63) is 18.7 Å². The highest BCUT2D eigenvalue weighted by Gasteiger charge is 1.89. The molecule has 0 aliphatic rings. The highest BCUT2D eigenvalue weighted by atomic mass is 16.5. The molecule has 0 aliphatic carbocycles.